The molecule has 0 radical (unpaired) electrons. The predicted molar refractivity (Wildman–Crippen MR) is 111 cm³/mol. The van der Waals surface area contributed by atoms with Crippen molar-refractivity contribution in [3.8, 4) is 22.6 Å². The van der Waals surface area contributed by atoms with Gasteiger partial charge in [0.1, 0.15) is 11.5 Å². The highest BCUT2D eigenvalue weighted by atomic mass is 35.5. The van der Waals surface area contributed by atoms with Crippen LogP contribution in [-0.2, 0) is 6.42 Å². The van der Waals surface area contributed by atoms with Crippen LogP contribution in [0.5, 0.6) is 11.5 Å². The zero-order valence-corrected chi connectivity index (χ0v) is 16.6. The molecule has 0 aliphatic rings. The third-order valence-corrected chi connectivity index (χ3v) is 4.78. The summed E-state index contributed by atoms with van der Waals surface area (Å²) in [5.74, 6) is 0.350. The number of hydrogen-bond acceptors (Lipinski definition) is 3. The van der Waals surface area contributed by atoms with E-state index >= 15 is 0 Å². The molecule has 0 heterocycles. The number of carbonyl (C=O) groups is 1. The van der Waals surface area contributed by atoms with E-state index in [1.807, 2.05) is 24.3 Å². The van der Waals surface area contributed by atoms with Crippen LogP contribution in [0.25, 0.3) is 11.1 Å². The Hall–Kier alpha value is -2.69. The molecule has 0 amide bonds. The molecular formula is C22H18Cl2O4. The van der Waals surface area contributed by atoms with Crippen molar-refractivity contribution in [1.29, 1.82) is 0 Å². The number of ether oxygens (including phenoxy) is 2. The lowest BCUT2D eigenvalue weighted by Gasteiger charge is -2.13. The Morgan fingerprint density at radius 2 is 1.71 bits per heavy atom. The standard InChI is InChI=1S/C22H18Cl2O4/c1-27-20-7-5-15(14-3-2-4-17(12-14)22(25)26)11-16(20)9-10-28-21-8-6-18(23)13-19(21)24/h2-8,11-13H,9-10H2,1H3,(H,25,26). The van der Waals surface area contributed by atoms with E-state index in [0.29, 0.717) is 28.8 Å². The highest BCUT2D eigenvalue weighted by Crippen LogP contribution is 2.30. The maximum absolute atomic E-state index is 11.2. The first-order chi connectivity index (χ1) is 13.5. The lowest BCUT2D eigenvalue weighted by Crippen LogP contribution is -2.04. The molecule has 0 spiro atoms. The first-order valence-corrected chi connectivity index (χ1v) is 9.32. The minimum absolute atomic E-state index is 0.246. The molecule has 0 saturated carbocycles. The van der Waals surface area contributed by atoms with Crippen molar-refractivity contribution in [3.63, 3.8) is 0 Å². The molecule has 28 heavy (non-hydrogen) atoms. The van der Waals surface area contributed by atoms with E-state index in [1.165, 1.54) is 0 Å². The Bertz CT molecular complexity index is 1000. The van der Waals surface area contributed by atoms with Crippen LogP contribution >= 0.6 is 23.2 Å². The van der Waals surface area contributed by atoms with Gasteiger partial charge in [-0.05, 0) is 59.2 Å². The molecule has 144 valence electrons. The maximum Gasteiger partial charge on any atom is 0.335 e. The molecule has 3 aromatic rings. The number of methoxy groups -OCH3 is 1. The molecule has 0 aliphatic carbocycles. The van der Waals surface area contributed by atoms with Crippen LogP contribution < -0.4 is 9.47 Å². The second-order valence-electron chi connectivity index (χ2n) is 6.09. The van der Waals surface area contributed by atoms with Gasteiger partial charge in [0.15, 0.2) is 0 Å². The Labute approximate surface area is 173 Å². The van der Waals surface area contributed by atoms with E-state index in [4.69, 9.17) is 32.7 Å². The topological polar surface area (TPSA) is 55.8 Å². The van der Waals surface area contributed by atoms with Gasteiger partial charge < -0.3 is 14.6 Å². The lowest BCUT2D eigenvalue weighted by molar-refractivity contribution is 0.0697. The third kappa shape index (κ3) is 4.77. The van der Waals surface area contributed by atoms with Crippen LogP contribution in [-0.4, -0.2) is 24.8 Å². The van der Waals surface area contributed by atoms with Crippen molar-refractivity contribution in [3.05, 3.63) is 81.8 Å². The van der Waals surface area contributed by atoms with E-state index in [9.17, 15) is 9.90 Å². The van der Waals surface area contributed by atoms with Gasteiger partial charge in [-0.3, -0.25) is 0 Å². The van der Waals surface area contributed by atoms with Gasteiger partial charge in [0.25, 0.3) is 0 Å². The molecule has 0 fully saturated rings. The van der Waals surface area contributed by atoms with Gasteiger partial charge in [-0.15, -0.1) is 0 Å². The first-order valence-electron chi connectivity index (χ1n) is 8.56. The first kappa shape index (κ1) is 20.1. The zero-order chi connectivity index (χ0) is 20.1. The largest absolute Gasteiger partial charge is 0.496 e. The molecule has 3 rings (SSSR count). The monoisotopic (exact) mass is 416 g/mol. The Balaban J connectivity index is 1.79. The van der Waals surface area contributed by atoms with Crippen molar-refractivity contribution >= 4 is 29.2 Å². The summed E-state index contributed by atoms with van der Waals surface area (Å²) in [5, 5.41) is 10.2. The fourth-order valence-electron chi connectivity index (χ4n) is 2.85. The molecule has 6 heteroatoms. The molecule has 0 aromatic heterocycles. The molecule has 4 nitrogen and oxygen atoms in total. The predicted octanol–water partition coefficient (Wildman–Crippen LogP) is 5.99. The van der Waals surface area contributed by atoms with Crippen LogP contribution in [0.4, 0.5) is 0 Å². The fourth-order valence-corrected chi connectivity index (χ4v) is 3.31. The summed E-state index contributed by atoms with van der Waals surface area (Å²) < 4.78 is 11.2. The molecular weight excluding hydrogens is 399 g/mol. The van der Waals surface area contributed by atoms with Gasteiger partial charge >= 0.3 is 5.97 Å². The lowest BCUT2D eigenvalue weighted by atomic mass is 9.99. The number of rotatable bonds is 7. The quantitative estimate of drug-likeness (QED) is 0.513. The molecule has 0 aliphatic heterocycles. The average Bonchev–Trinajstić information content (AvgIpc) is 2.69. The molecule has 0 unspecified atom stereocenters. The van der Waals surface area contributed by atoms with Crippen molar-refractivity contribution in [2.45, 2.75) is 6.42 Å². The average molecular weight is 417 g/mol. The molecule has 1 N–H and O–H groups in total. The second kappa shape index (κ2) is 9.00. The molecule has 0 atom stereocenters. The van der Waals surface area contributed by atoms with Gasteiger partial charge in [0.2, 0.25) is 0 Å². The highest BCUT2D eigenvalue weighted by molar-refractivity contribution is 6.35. The summed E-state index contributed by atoms with van der Waals surface area (Å²) in [7, 11) is 1.61. The normalized spacial score (nSPS) is 10.5. The van der Waals surface area contributed by atoms with Crippen LogP contribution in [0.1, 0.15) is 15.9 Å². The third-order valence-electron chi connectivity index (χ3n) is 4.25. The summed E-state index contributed by atoms with van der Waals surface area (Å²) in [4.78, 5) is 11.2. The zero-order valence-electron chi connectivity index (χ0n) is 15.1. The van der Waals surface area contributed by atoms with Gasteiger partial charge in [-0.1, -0.05) is 41.4 Å². The number of carboxylic acids is 1. The highest BCUT2D eigenvalue weighted by Gasteiger charge is 2.10. The molecule has 0 saturated heterocycles. The Kier molecular flexibility index (Phi) is 6.45. The Morgan fingerprint density at radius 3 is 2.43 bits per heavy atom. The maximum atomic E-state index is 11.2. The summed E-state index contributed by atoms with van der Waals surface area (Å²) in [6.45, 7) is 0.399. The van der Waals surface area contributed by atoms with Crippen molar-refractivity contribution < 1.29 is 19.4 Å². The van der Waals surface area contributed by atoms with E-state index in [-0.39, 0.29) is 5.56 Å². The number of hydrogen-bond donors (Lipinski definition) is 1. The molecule has 0 bridgehead atoms. The van der Waals surface area contributed by atoms with Crippen LogP contribution in [0.15, 0.2) is 60.7 Å². The SMILES string of the molecule is COc1ccc(-c2cccc(C(=O)O)c2)cc1CCOc1ccc(Cl)cc1Cl. The van der Waals surface area contributed by atoms with Crippen LogP contribution in [0.3, 0.4) is 0 Å². The molecule has 3 aromatic carbocycles. The van der Waals surface area contributed by atoms with E-state index in [2.05, 4.69) is 0 Å². The van der Waals surface area contributed by atoms with Crippen molar-refractivity contribution in [1.82, 2.24) is 0 Å². The van der Waals surface area contributed by atoms with Gasteiger partial charge in [0, 0.05) is 11.4 Å². The van der Waals surface area contributed by atoms with Crippen LogP contribution in [0, 0.1) is 0 Å². The minimum Gasteiger partial charge on any atom is -0.496 e. The smallest absolute Gasteiger partial charge is 0.335 e. The second-order valence-corrected chi connectivity index (χ2v) is 6.93. The summed E-state index contributed by atoms with van der Waals surface area (Å²) in [5.41, 5.74) is 2.93. The van der Waals surface area contributed by atoms with Crippen molar-refractivity contribution in [2.24, 2.45) is 0 Å². The number of carboxylic acid groups (broad SMARTS) is 1. The van der Waals surface area contributed by atoms with Gasteiger partial charge in [-0.25, -0.2) is 4.79 Å². The van der Waals surface area contributed by atoms with E-state index in [1.54, 1.807) is 43.5 Å². The minimum atomic E-state index is -0.955. The van der Waals surface area contributed by atoms with Crippen LogP contribution in [0.2, 0.25) is 10.0 Å². The van der Waals surface area contributed by atoms with E-state index in [0.717, 1.165) is 22.4 Å². The number of aromatic carboxylic acids is 1. The van der Waals surface area contributed by atoms with Gasteiger partial charge in [-0.2, -0.15) is 0 Å². The number of benzene rings is 3. The van der Waals surface area contributed by atoms with Gasteiger partial charge in [0.05, 0.1) is 24.3 Å². The number of halogens is 2. The summed E-state index contributed by atoms with van der Waals surface area (Å²) >= 11 is 12.0. The Morgan fingerprint density at radius 1 is 0.964 bits per heavy atom. The van der Waals surface area contributed by atoms with Crippen molar-refractivity contribution in [2.75, 3.05) is 13.7 Å². The summed E-state index contributed by atoms with van der Waals surface area (Å²) in [6.07, 6.45) is 0.592. The van der Waals surface area contributed by atoms with E-state index < -0.39 is 5.97 Å². The fraction of sp³-hybridized carbons (Fsp3) is 0.136. The summed E-state index contributed by atoms with van der Waals surface area (Å²) in [6, 6.07) is 17.7.